The van der Waals surface area contributed by atoms with Gasteiger partial charge in [0.2, 0.25) is 0 Å². The van der Waals surface area contributed by atoms with E-state index in [4.69, 9.17) is 21.1 Å². The van der Waals surface area contributed by atoms with E-state index in [0.29, 0.717) is 33.8 Å². The molecule has 3 rings (SSSR count). The molecule has 0 aromatic heterocycles. The van der Waals surface area contributed by atoms with Gasteiger partial charge in [0.15, 0.2) is 17.5 Å². The Labute approximate surface area is 156 Å². The molecule has 132 valence electrons. The first kappa shape index (κ1) is 17.8. The molecule has 1 heterocycles. The fraction of sp³-hybridized carbons (Fsp3) is 0.211. The number of benzene rings is 2. The lowest BCUT2D eigenvalue weighted by molar-refractivity contribution is 0.0719. The minimum Gasteiger partial charge on any atom is -0.493 e. The molecule has 1 aliphatic rings. The van der Waals surface area contributed by atoms with E-state index in [1.165, 1.54) is 25.4 Å². The maximum Gasteiger partial charge on any atom is 0.275 e. The summed E-state index contributed by atoms with van der Waals surface area (Å²) >= 11 is 5.93. The van der Waals surface area contributed by atoms with Crippen molar-refractivity contribution in [1.29, 1.82) is 5.26 Å². The summed E-state index contributed by atoms with van der Waals surface area (Å²) in [5.74, 6) is 0.819. The number of hydrazone groups is 1. The van der Waals surface area contributed by atoms with E-state index in [1.54, 1.807) is 30.3 Å². The van der Waals surface area contributed by atoms with Crippen molar-refractivity contribution in [2.45, 2.75) is 11.9 Å². The number of amides is 1. The van der Waals surface area contributed by atoms with Crippen molar-refractivity contribution in [3.05, 3.63) is 58.7 Å². The molecule has 1 atom stereocenters. The van der Waals surface area contributed by atoms with Crippen LogP contribution < -0.4 is 9.47 Å². The monoisotopic (exact) mass is 369 g/mol. The minimum absolute atomic E-state index is 0.193. The number of hydrogen-bond donors (Lipinski definition) is 0. The van der Waals surface area contributed by atoms with E-state index >= 15 is 0 Å². The standard InChI is InChI=1S/C19H16ClN3O3/c1-25-17-7-13-11-22-23(16(10-21)15(13)8-18(17)26-2)19(24)14-6-4-3-5-12(14)9-20/h3-8,11,16H,9H2,1-2H3. The van der Waals surface area contributed by atoms with Crippen molar-refractivity contribution >= 4 is 23.7 Å². The number of hydrogen-bond acceptors (Lipinski definition) is 5. The number of nitriles is 1. The highest BCUT2D eigenvalue weighted by Gasteiger charge is 2.32. The van der Waals surface area contributed by atoms with E-state index in [9.17, 15) is 10.1 Å². The number of carbonyl (C=O) groups excluding carboxylic acids is 1. The van der Waals surface area contributed by atoms with Crippen LogP contribution in [0.1, 0.15) is 33.1 Å². The number of alkyl halides is 1. The zero-order valence-corrected chi connectivity index (χ0v) is 15.0. The van der Waals surface area contributed by atoms with Crippen molar-refractivity contribution in [2.75, 3.05) is 14.2 Å². The van der Waals surface area contributed by atoms with Gasteiger partial charge in [-0.25, -0.2) is 5.01 Å². The van der Waals surface area contributed by atoms with Crippen LogP contribution in [-0.4, -0.2) is 31.4 Å². The molecule has 26 heavy (non-hydrogen) atoms. The minimum atomic E-state index is -0.884. The summed E-state index contributed by atoms with van der Waals surface area (Å²) in [7, 11) is 3.05. The number of fused-ring (bicyclic) bond motifs is 1. The second-order valence-electron chi connectivity index (χ2n) is 5.55. The summed E-state index contributed by atoms with van der Waals surface area (Å²) in [6.07, 6.45) is 1.53. The molecule has 0 saturated heterocycles. The van der Waals surface area contributed by atoms with Gasteiger partial charge in [0.1, 0.15) is 0 Å². The summed E-state index contributed by atoms with van der Waals surface area (Å²) in [5.41, 5.74) is 2.42. The van der Waals surface area contributed by atoms with Gasteiger partial charge in [0.25, 0.3) is 5.91 Å². The summed E-state index contributed by atoms with van der Waals surface area (Å²) in [6.45, 7) is 0. The Bertz CT molecular complexity index is 921. The van der Waals surface area contributed by atoms with Gasteiger partial charge in [-0.1, -0.05) is 18.2 Å². The molecule has 2 aromatic rings. The van der Waals surface area contributed by atoms with Crippen molar-refractivity contribution in [3.8, 4) is 17.6 Å². The smallest absolute Gasteiger partial charge is 0.275 e. The maximum absolute atomic E-state index is 13.0. The lowest BCUT2D eigenvalue weighted by Crippen LogP contribution is -2.33. The molecule has 2 aromatic carbocycles. The quantitative estimate of drug-likeness (QED) is 0.773. The predicted octanol–water partition coefficient (Wildman–Crippen LogP) is 3.50. The van der Waals surface area contributed by atoms with E-state index in [1.807, 2.05) is 6.07 Å². The Morgan fingerprint density at radius 2 is 1.96 bits per heavy atom. The third-order valence-electron chi connectivity index (χ3n) is 4.17. The zero-order chi connectivity index (χ0) is 18.7. The Balaban J connectivity index is 2.06. The van der Waals surface area contributed by atoms with Gasteiger partial charge in [-0.2, -0.15) is 10.4 Å². The van der Waals surface area contributed by atoms with Gasteiger partial charge in [0.05, 0.1) is 26.5 Å². The van der Waals surface area contributed by atoms with Gasteiger partial charge in [-0.3, -0.25) is 4.79 Å². The summed E-state index contributed by atoms with van der Waals surface area (Å²) in [5, 5.41) is 15.1. The van der Waals surface area contributed by atoms with Gasteiger partial charge in [0, 0.05) is 22.6 Å². The van der Waals surface area contributed by atoms with Crippen LogP contribution in [0.4, 0.5) is 0 Å². The second-order valence-corrected chi connectivity index (χ2v) is 5.82. The highest BCUT2D eigenvalue weighted by Crippen LogP contribution is 2.37. The molecule has 1 unspecified atom stereocenters. The molecule has 0 radical (unpaired) electrons. The molecule has 0 aliphatic carbocycles. The third kappa shape index (κ3) is 2.98. The van der Waals surface area contributed by atoms with Gasteiger partial charge >= 0.3 is 0 Å². The molecule has 0 N–H and O–H groups in total. The number of ether oxygens (including phenoxy) is 2. The lowest BCUT2D eigenvalue weighted by atomic mass is 9.98. The fourth-order valence-electron chi connectivity index (χ4n) is 2.84. The van der Waals surface area contributed by atoms with Crippen molar-refractivity contribution in [3.63, 3.8) is 0 Å². The lowest BCUT2D eigenvalue weighted by Gasteiger charge is -2.28. The molecule has 0 spiro atoms. The average molecular weight is 370 g/mol. The highest BCUT2D eigenvalue weighted by molar-refractivity contribution is 6.17. The molecule has 1 aliphatic heterocycles. The zero-order valence-electron chi connectivity index (χ0n) is 14.3. The maximum atomic E-state index is 13.0. The molecule has 0 bridgehead atoms. The number of methoxy groups -OCH3 is 2. The summed E-state index contributed by atoms with van der Waals surface area (Å²) in [4.78, 5) is 13.0. The Kier molecular flexibility index (Phi) is 5.10. The molecule has 6 nitrogen and oxygen atoms in total. The van der Waals surface area contributed by atoms with Crippen LogP contribution in [0.15, 0.2) is 41.5 Å². The van der Waals surface area contributed by atoms with Crippen LogP contribution in [0.2, 0.25) is 0 Å². The number of rotatable bonds is 4. The Morgan fingerprint density at radius 1 is 1.27 bits per heavy atom. The van der Waals surface area contributed by atoms with Crippen LogP contribution in [0.3, 0.4) is 0 Å². The van der Waals surface area contributed by atoms with Gasteiger partial charge in [-0.15, -0.1) is 11.6 Å². The number of halogens is 1. The molecular formula is C19H16ClN3O3. The van der Waals surface area contributed by atoms with Crippen LogP contribution >= 0.6 is 11.6 Å². The van der Waals surface area contributed by atoms with E-state index in [-0.39, 0.29) is 11.8 Å². The molecule has 0 saturated carbocycles. The van der Waals surface area contributed by atoms with Crippen LogP contribution in [0.25, 0.3) is 0 Å². The van der Waals surface area contributed by atoms with E-state index < -0.39 is 6.04 Å². The van der Waals surface area contributed by atoms with Crippen LogP contribution in [-0.2, 0) is 5.88 Å². The number of carbonyl (C=O) groups is 1. The van der Waals surface area contributed by atoms with Crippen LogP contribution in [0, 0.1) is 11.3 Å². The van der Waals surface area contributed by atoms with Crippen molar-refractivity contribution in [2.24, 2.45) is 5.10 Å². The van der Waals surface area contributed by atoms with Gasteiger partial charge in [-0.05, 0) is 23.8 Å². The highest BCUT2D eigenvalue weighted by atomic mass is 35.5. The predicted molar refractivity (Wildman–Crippen MR) is 97.7 cm³/mol. The van der Waals surface area contributed by atoms with E-state index in [0.717, 1.165) is 0 Å². The SMILES string of the molecule is COc1cc2c(cc1OC)C(C#N)N(C(=O)c1ccccc1CCl)N=C2. The van der Waals surface area contributed by atoms with E-state index in [2.05, 4.69) is 11.2 Å². The first-order valence-electron chi connectivity index (χ1n) is 7.81. The third-order valence-corrected chi connectivity index (χ3v) is 4.46. The van der Waals surface area contributed by atoms with Crippen molar-refractivity contribution in [1.82, 2.24) is 5.01 Å². The average Bonchev–Trinajstić information content (AvgIpc) is 2.70. The summed E-state index contributed by atoms with van der Waals surface area (Å²) in [6, 6.07) is 11.7. The van der Waals surface area contributed by atoms with Crippen LogP contribution in [0.5, 0.6) is 11.5 Å². The first-order chi connectivity index (χ1) is 12.6. The topological polar surface area (TPSA) is 74.9 Å². The Morgan fingerprint density at radius 3 is 2.62 bits per heavy atom. The molecular weight excluding hydrogens is 354 g/mol. The van der Waals surface area contributed by atoms with Crippen molar-refractivity contribution < 1.29 is 14.3 Å². The number of nitrogens with zero attached hydrogens (tertiary/aromatic N) is 3. The normalized spacial score (nSPS) is 15.2. The second kappa shape index (κ2) is 7.46. The largest absolute Gasteiger partial charge is 0.493 e. The Hall–Kier alpha value is -3.04. The van der Waals surface area contributed by atoms with Gasteiger partial charge < -0.3 is 9.47 Å². The molecule has 1 amide bonds. The molecule has 7 heteroatoms. The first-order valence-corrected chi connectivity index (χ1v) is 8.35. The summed E-state index contributed by atoms with van der Waals surface area (Å²) < 4.78 is 10.6. The molecule has 0 fully saturated rings. The fourth-order valence-corrected chi connectivity index (χ4v) is 3.08.